The SMILES string of the molecule is C[C@@H]1C(=O)[C@H]2CC(C)(C)[C@H]1C[C@@H]2O. The Bertz CT molecular complexity index is 244. The molecule has 3 saturated carbocycles. The van der Waals surface area contributed by atoms with Crippen LogP contribution in [0.2, 0.25) is 0 Å². The van der Waals surface area contributed by atoms with Crippen LogP contribution in [0, 0.1) is 23.2 Å². The summed E-state index contributed by atoms with van der Waals surface area (Å²) in [5.74, 6) is 0.773. The van der Waals surface area contributed by atoms with Gasteiger partial charge in [-0.25, -0.2) is 0 Å². The predicted octanol–water partition coefficient (Wildman–Crippen LogP) is 1.62. The van der Waals surface area contributed by atoms with Gasteiger partial charge in [-0.1, -0.05) is 20.8 Å². The zero-order valence-corrected chi connectivity index (χ0v) is 8.58. The van der Waals surface area contributed by atoms with E-state index in [1.807, 2.05) is 6.92 Å². The van der Waals surface area contributed by atoms with Crippen molar-refractivity contribution in [3.05, 3.63) is 0 Å². The van der Waals surface area contributed by atoms with Crippen molar-refractivity contribution >= 4 is 5.78 Å². The zero-order chi connectivity index (χ0) is 9.80. The first-order valence-corrected chi connectivity index (χ1v) is 5.15. The van der Waals surface area contributed by atoms with Crippen LogP contribution in [0.25, 0.3) is 0 Å². The Labute approximate surface area is 79.3 Å². The van der Waals surface area contributed by atoms with E-state index in [4.69, 9.17) is 0 Å². The van der Waals surface area contributed by atoms with Crippen LogP contribution in [-0.4, -0.2) is 17.0 Å². The van der Waals surface area contributed by atoms with Gasteiger partial charge in [0.2, 0.25) is 0 Å². The third-order valence-corrected chi connectivity index (χ3v) is 4.13. The lowest BCUT2D eigenvalue weighted by Gasteiger charge is -2.52. The fourth-order valence-corrected chi connectivity index (χ4v) is 3.30. The molecule has 0 saturated heterocycles. The normalized spacial score (nSPS) is 48.2. The third-order valence-electron chi connectivity index (χ3n) is 4.13. The number of aliphatic hydroxyl groups excluding tert-OH is 1. The first-order chi connectivity index (χ1) is 5.93. The lowest BCUT2D eigenvalue weighted by molar-refractivity contribution is -0.155. The van der Waals surface area contributed by atoms with Crippen molar-refractivity contribution in [1.29, 1.82) is 0 Å². The maximum atomic E-state index is 11.7. The molecule has 2 bridgehead atoms. The van der Waals surface area contributed by atoms with Gasteiger partial charge in [-0.05, 0) is 24.2 Å². The molecule has 0 heterocycles. The number of rotatable bonds is 0. The Balaban J connectivity index is 2.33. The molecule has 13 heavy (non-hydrogen) atoms. The maximum absolute atomic E-state index is 11.7. The second kappa shape index (κ2) is 2.57. The van der Waals surface area contributed by atoms with Crippen molar-refractivity contribution in [2.24, 2.45) is 23.2 Å². The lowest BCUT2D eigenvalue weighted by Crippen LogP contribution is -2.54. The molecule has 3 aliphatic carbocycles. The summed E-state index contributed by atoms with van der Waals surface area (Å²) in [6.45, 7) is 6.46. The minimum Gasteiger partial charge on any atom is -0.392 e. The smallest absolute Gasteiger partial charge is 0.141 e. The molecule has 3 aliphatic rings. The molecule has 0 spiro atoms. The minimum absolute atomic E-state index is 0.0741. The Morgan fingerprint density at radius 3 is 2.62 bits per heavy atom. The zero-order valence-electron chi connectivity index (χ0n) is 8.58. The largest absolute Gasteiger partial charge is 0.392 e. The molecule has 3 fully saturated rings. The molecule has 4 atom stereocenters. The van der Waals surface area contributed by atoms with E-state index in [-0.39, 0.29) is 23.4 Å². The Morgan fingerprint density at radius 1 is 1.46 bits per heavy atom. The van der Waals surface area contributed by atoms with E-state index in [2.05, 4.69) is 13.8 Å². The number of carbonyl (C=O) groups is 1. The van der Waals surface area contributed by atoms with Gasteiger partial charge in [-0.2, -0.15) is 0 Å². The highest BCUT2D eigenvalue weighted by Gasteiger charge is 2.53. The molecule has 0 aromatic rings. The summed E-state index contributed by atoms with van der Waals surface area (Å²) in [6.07, 6.45) is 1.34. The van der Waals surface area contributed by atoms with Crippen LogP contribution in [0.3, 0.4) is 0 Å². The number of carbonyl (C=O) groups excluding carboxylic acids is 1. The molecule has 1 N–H and O–H groups in total. The molecule has 74 valence electrons. The van der Waals surface area contributed by atoms with Crippen molar-refractivity contribution in [2.75, 3.05) is 0 Å². The van der Waals surface area contributed by atoms with Gasteiger partial charge in [0.15, 0.2) is 0 Å². The molecule has 0 aromatic heterocycles. The van der Waals surface area contributed by atoms with Crippen LogP contribution >= 0.6 is 0 Å². The third kappa shape index (κ3) is 1.15. The molecule has 0 unspecified atom stereocenters. The van der Waals surface area contributed by atoms with Crippen LogP contribution in [-0.2, 0) is 4.79 Å². The van der Waals surface area contributed by atoms with Gasteiger partial charge in [0.25, 0.3) is 0 Å². The number of aliphatic hydroxyl groups is 1. The first kappa shape index (κ1) is 9.20. The summed E-state index contributed by atoms with van der Waals surface area (Å²) in [7, 11) is 0. The Hall–Kier alpha value is -0.370. The highest BCUT2D eigenvalue weighted by Crippen LogP contribution is 2.52. The fraction of sp³-hybridized carbons (Fsp3) is 0.909. The predicted molar refractivity (Wildman–Crippen MR) is 50.2 cm³/mol. The second-order valence-electron chi connectivity index (χ2n) is 5.40. The van der Waals surface area contributed by atoms with Gasteiger partial charge in [-0.15, -0.1) is 0 Å². The minimum atomic E-state index is -0.360. The van der Waals surface area contributed by atoms with Crippen molar-refractivity contribution in [3.8, 4) is 0 Å². The standard InChI is InChI=1S/C11H18O2/c1-6-8-4-9(12)7(10(6)13)5-11(8,2)3/h6-9,12H,4-5H2,1-3H3/t6-,7-,8-,9-/m0/s1. The van der Waals surface area contributed by atoms with Crippen LogP contribution in [0.15, 0.2) is 0 Å². The molecule has 0 aliphatic heterocycles. The molecule has 0 amide bonds. The van der Waals surface area contributed by atoms with E-state index in [1.165, 1.54) is 0 Å². The average Bonchev–Trinajstić information content (AvgIpc) is 2.03. The lowest BCUT2D eigenvalue weighted by atomic mass is 9.52. The first-order valence-electron chi connectivity index (χ1n) is 5.15. The Morgan fingerprint density at radius 2 is 2.08 bits per heavy atom. The molecule has 2 nitrogen and oxygen atoms in total. The number of fused-ring (bicyclic) bond motifs is 3. The summed E-state index contributed by atoms with van der Waals surface area (Å²) < 4.78 is 0. The van der Waals surface area contributed by atoms with Crippen molar-refractivity contribution in [1.82, 2.24) is 0 Å². The van der Waals surface area contributed by atoms with E-state index >= 15 is 0 Å². The topological polar surface area (TPSA) is 37.3 Å². The van der Waals surface area contributed by atoms with Crippen molar-refractivity contribution < 1.29 is 9.90 Å². The van der Waals surface area contributed by atoms with Crippen LogP contribution in [0.5, 0.6) is 0 Å². The highest BCUT2D eigenvalue weighted by atomic mass is 16.3. The summed E-state index contributed by atoms with van der Waals surface area (Å²) in [5, 5.41) is 9.70. The number of hydrogen-bond donors (Lipinski definition) is 1. The number of hydrogen-bond acceptors (Lipinski definition) is 2. The van der Waals surface area contributed by atoms with Crippen LogP contribution in [0.1, 0.15) is 33.6 Å². The fourth-order valence-electron chi connectivity index (χ4n) is 3.30. The highest BCUT2D eigenvalue weighted by molar-refractivity contribution is 5.86. The number of Topliss-reactive ketones (excluding diaryl/α,β-unsaturated/α-hetero) is 1. The van der Waals surface area contributed by atoms with E-state index in [0.717, 1.165) is 12.8 Å². The van der Waals surface area contributed by atoms with E-state index < -0.39 is 0 Å². The monoisotopic (exact) mass is 182 g/mol. The van der Waals surface area contributed by atoms with Gasteiger partial charge in [0, 0.05) is 11.8 Å². The molecule has 0 radical (unpaired) electrons. The summed E-state index contributed by atoms with van der Waals surface area (Å²) in [4.78, 5) is 11.7. The van der Waals surface area contributed by atoms with Crippen molar-refractivity contribution in [3.63, 3.8) is 0 Å². The van der Waals surface area contributed by atoms with Crippen LogP contribution in [0.4, 0.5) is 0 Å². The van der Waals surface area contributed by atoms with Gasteiger partial charge >= 0.3 is 0 Å². The van der Waals surface area contributed by atoms with E-state index in [9.17, 15) is 9.90 Å². The molecular weight excluding hydrogens is 164 g/mol. The van der Waals surface area contributed by atoms with E-state index in [1.54, 1.807) is 0 Å². The van der Waals surface area contributed by atoms with Gasteiger partial charge < -0.3 is 5.11 Å². The summed E-state index contributed by atoms with van der Waals surface area (Å²) in [6, 6.07) is 0. The summed E-state index contributed by atoms with van der Waals surface area (Å²) in [5.41, 5.74) is 0.247. The van der Waals surface area contributed by atoms with Gasteiger partial charge in [0.05, 0.1) is 6.10 Å². The van der Waals surface area contributed by atoms with E-state index in [0.29, 0.717) is 11.7 Å². The Kier molecular flexibility index (Phi) is 1.82. The van der Waals surface area contributed by atoms with Crippen molar-refractivity contribution in [2.45, 2.75) is 39.7 Å². The number of ketones is 1. The molecule has 3 rings (SSSR count). The van der Waals surface area contributed by atoms with Gasteiger partial charge in [-0.3, -0.25) is 4.79 Å². The van der Waals surface area contributed by atoms with Crippen LogP contribution < -0.4 is 0 Å². The molecule has 2 heteroatoms. The quantitative estimate of drug-likeness (QED) is 0.618. The maximum Gasteiger partial charge on any atom is 0.141 e. The summed E-state index contributed by atoms with van der Waals surface area (Å²) >= 11 is 0. The average molecular weight is 182 g/mol. The molecule has 0 aromatic carbocycles. The van der Waals surface area contributed by atoms with Gasteiger partial charge in [0.1, 0.15) is 5.78 Å². The second-order valence-corrected chi connectivity index (χ2v) is 5.40. The molecular formula is C11H18O2.